The van der Waals surface area contributed by atoms with Gasteiger partial charge >= 0.3 is 12.0 Å². The first-order chi connectivity index (χ1) is 16.4. The highest BCUT2D eigenvalue weighted by Crippen LogP contribution is 2.26. The van der Waals surface area contributed by atoms with Crippen molar-refractivity contribution in [3.05, 3.63) is 29.8 Å². The molecule has 3 atom stereocenters. The summed E-state index contributed by atoms with van der Waals surface area (Å²) in [5.74, 6) is 0.488. The number of amides is 2. The number of thioether (sulfide) groups is 1. The molecule has 8 heteroatoms. The summed E-state index contributed by atoms with van der Waals surface area (Å²) < 4.78 is 16.4. The lowest BCUT2D eigenvalue weighted by Gasteiger charge is -2.34. The summed E-state index contributed by atoms with van der Waals surface area (Å²) in [5, 5.41) is 0. The van der Waals surface area contributed by atoms with Gasteiger partial charge in [0.25, 0.3) is 0 Å². The van der Waals surface area contributed by atoms with E-state index in [0.29, 0.717) is 6.61 Å². The van der Waals surface area contributed by atoms with Gasteiger partial charge in [0.2, 0.25) is 0 Å². The number of nitrogens with zero attached hydrogens (tertiary/aromatic N) is 2. The Bertz CT molecular complexity index is 799. The van der Waals surface area contributed by atoms with Crippen molar-refractivity contribution < 1.29 is 23.8 Å². The summed E-state index contributed by atoms with van der Waals surface area (Å²) in [6.45, 7) is 6.06. The molecule has 2 aliphatic rings. The molecule has 0 bridgehead atoms. The molecule has 0 spiro atoms. The number of esters is 1. The maximum absolute atomic E-state index is 13.3. The van der Waals surface area contributed by atoms with Crippen LogP contribution >= 0.6 is 11.8 Å². The number of ether oxygens (including phenoxy) is 3. The lowest BCUT2D eigenvalue weighted by Crippen LogP contribution is -2.52. The number of urea groups is 1. The first kappa shape index (κ1) is 26.8. The Morgan fingerprint density at radius 2 is 2.06 bits per heavy atom. The molecule has 2 unspecified atom stereocenters. The molecule has 0 N–H and O–H groups in total. The van der Waals surface area contributed by atoms with E-state index in [-0.39, 0.29) is 30.3 Å². The Hall–Kier alpha value is -1.77. The molecule has 3 rings (SSSR count). The van der Waals surface area contributed by atoms with E-state index in [1.165, 1.54) is 24.0 Å². The highest BCUT2D eigenvalue weighted by Gasteiger charge is 2.37. The molecule has 2 heterocycles. The fraction of sp³-hybridized carbons (Fsp3) is 0.692. The number of likely N-dealkylation sites (N-methyl/N-ethyl adjacent to an activating group) is 1. The summed E-state index contributed by atoms with van der Waals surface area (Å²) in [6.07, 6.45) is 6.01. The van der Waals surface area contributed by atoms with Gasteiger partial charge < -0.3 is 24.0 Å². The molecule has 1 aromatic carbocycles. The summed E-state index contributed by atoms with van der Waals surface area (Å²) >= 11 is 1.79. The van der Waals surface area contributed by atoms with Crippen molar-refractivity contribution in [3.8, 4) is 0 Å². The average molecular weight is 493 g/mol. The van der Waals surface area contributed by atoms with Crippen molar-refractivity contribution in [1.29, 1.82) is 0 Å². The quantitative estimate of drug-likeness (QED) is 0.271. The van der Waals surface area contributed by atoms with E-state index in [1.54, 1.807) is 23.7 Å². The number of hydrogen-bond acceptors (Lipinski definition) is 6. The minimum absolute atomic E-state index is 0.0233. The van der Waals surface area contributed by atoms with Gasteiger partial charge in [-0.2, -0.15) is 0 Å². The van der Waals surface area contributed by atoms with E-state index in [1.807, 2.05) is 18.7 Å². The minimum Gasteiger partial charge on any atom is -0.467 e. The summed E-state index contributed by atoms with van der Waals surface area (Å²) in [7, 11) is 3.08. The van der Waals surface area contributed by atoms with E-state index >= 15 is 0 Å². The standard InChI is InChI=1S/C26H40N2O5S/c1-19(2)24(25(29)31-4)27(3)26(30)28-13-8-10-21(28)17-20-9-7-11-22(18-20)34-16-15-33-23-12-5-6-14-32-23/h7,9,11,18-19,21,23-24H,5-6,8,10,12-17H2,1-4H3/t21?,23?,24-/m0/s1. The average Bonchev–Trinajstić information content (AvgIpc) is 3.30. The minimum atomic E-state index is -0.584. The Kier molecular flexibility index (Phi) is 10.5. The molecule has 0 saturated carbocycles. The van der Waals surface area contributed by atoms with Gasteiger partial charge in [0.15, 0.2) is 6.29 Å². The van der Waals surface area contributed by atoms with Crippen LogP contribution < -0.4 is 0 Å². The summed E-state index contributed by atoms with van der Waals surface area (Å²) in [6, 6.07) is 8.01. The molecule has 2 aliphatic heterocycles. The molecule has 0 aromatic heterocycles. The van der Waals surface area contributed by atoms with Gasteiger partial charge in [-0.15, -0.1) is 11.8 Å². The van der Waals surface area contributed by atoms with Gasteiger partial charge in [-0.1, -0.05) is 26.0 Å². The van der Waals surface area contributed by atoms with Crippen molar-refractivity contribution >= 4 is 23.8 Å². The molecular weight excluding hydrogens is 452 g/mol. The van der Waals surface area contributed by atoms with Crippen LogP contribution in [0.5, 0.6) is 0 Å². The fourth-order valence-corrected chi connectivity index (χ4v) is 5.66. The van der Waals surface area contributed by atoms with E-state index in [9.17, 15) is 9.59 Å². The van der Waals surface area contributed by atoms with Crippen molar-refractivity contribution in [2.45, 2.75) is 75.6 Å². The smallest absolute Gasteiger partial charge is 0.328 e. The van der Waals surface area contributed by atoms with Gasteiger partial charge in [-0.05, 0) is 62.1 Å². The zero-order chi connectivity index (χ0) is 24.5. The molecule has 0 radical (unpaired) electrons. The second-order valence-electron chi connectivity index (χ2n) is 9.46. The van der Waals surface area contributed by atoms with Crippen LogP contribution in [-0.2, 0) is 25.4 Å². The third-order valence-corrected chi connectivity index (χ3v) is 7.54. The highest BCUT2D eigenvalue weighted by molar-refractivity contribution is 7.99. The topological polar surface area (TPSA) is 68.3 Å². The van der Waals surface area contributed by atoms with Crippen molar-refractivity contribution in [2.75, 3.05) is 39.7 Å². The largest absolute Gasteiger partial charge is 0.467 e. The second kappa shape index (κ2) is 13.4. The number of carbonyl (C=O) groups excluding carboxylic acids is 2. The predicted molar refractivity (Wildman–Crippen MR) is 134 cm³/mol. The SMILES string of the molecule is COC(=O)[C@H](C(C)C)N(C)C(=O)N1CCCC1Cc1cccc(SCCOC2CCCCO2)c1. The first-order valence-corrected chi connectivity index (χ1v) is 13.5. The number of rotatable bonds is 10. The van der Waals surface area contributed by atoms with Gasteiger partial charge in [0.05, 0.1) is 13.7 Å². The van der Waals surface area contributed by atoms with E-state index in [0.717, 1.165) is 51.0 Å². The number of benzene rings is 1. The van der Waals surface area contributed by atoms with Crippen LogP contribution in [0.2, 0.25) is 0 Å². The van der Waals surface area contributed by atoms with Gasteiger partial charge in [-0.25, -0.2) is 9.59 Å². The van der Waals surface area contributed by atoms with Crippen LogP contribution in [0.4, 0.5) is 4.79 Å². The third kappa shape index (κ3) is 7.36. The van der Waals surface area contributed by atoms with Crippen LogP contribution in [0.3, 0.4) is 0 Å². The Balaban J connectivity index is 1.53. The highest BCUT2D eigenvalue weighted by atomic mass is 32.2. The van der Waals surface area contributed by atoms with Gasteiger partial charge in [0, 0.05) is 36.9 Å². The second-order valence-corrected chi connectivity index (χ2v) is 10.6. The van der Waals surface area contributed by atoms with E-state index in [2.05, 4.69) is 24.3 Å². The maximum Gasteiger partial charge on any atom is 0.328 e. The number of likely N-dealkylation sites (tertiary alicyclic amines) is 1. The summed E-state index contributed by atoms with van der Waals surface area (Å²) in [5.41, 5.74) is 1.22. The van der Waals surface area contributed by atoms with Crippen LogP contribution in [0, 0.1) is 5.92 Å². The van der Waals surface area contributed by atoms with Gasteiger partial charge in [0.1, 0.15) is 6.04 Å². The zero-order valence-electron chi connectivity index (χ0n) is 21.0. The van der Waals surface area contributed by atoms with E-state index in [4.69, 9.17) is 14.2 Å². The van der Waals surface area contributed by atoms with Crippen molar-refractivity contribution in [3.63, 3.8) is 0 Å². The molecule has 2 fully saturated rings. The zero-order valence-corrected chi connectivity index (χ0v) is 21.9. The molecule has 7 nitrogen and oxygen atoms in total. The molecule has 190 valence electrons. The van der Waals surface area contributed by atoms with Crippen LogP contribution in [-0.4, -0.2) is 79.8 Å². The monoisotopic (exact) mass is 492 g/mol. The predicted octanol–water partition coefficient (Wildman–Crippen LogP) is 4.58. The first-order valence-electron chi connectivity index (χ1n) is 12.5. The molecule has 2 saturated heterocycles. The fourth-order valence-electron chi connectivity index (χ4n) is 4.84. The van der Waals surface area contributed by atoms with Crippen LogP contribution in [0.1, 0.15) is 51.5 Å². The van der Waals surface area contributed by atoms with Crippen LogP contribution in [0.15, 0.2) is 29.2 Å². The Labute approximate surface area is 208 Å². The maximum atomic E-state index is 13.3. The number of methoxy groups -OCH3 is 1. The molecular formula is C26H40N2O5S. The van der Waals surface area contributed by atoms with Crippen LogP contribution in [0.25, 0.3) is 0 Å². The molecule has 1 aromatic rings. The molecule has 0 aliphatic carbocycles. The lowest BCUT2D eigenvalue weighted by molar-refractivity contribution is -0.158. The van der Waals surface area contributed by atoms with Gasteiger partial charge in [-0.3, -0.25) is 0 Å². The molecule has 34 heavy (non-hydrogen) atoms. The number of carbonyl (C=O) groups is 2. The third-order valence-electron chi connectivity index (χ3n) is 6.58. The normalized spacial score (nSPS) is 21.5. The van der Waals surface area contributed by atoms with Crippen molar-refractivity contribution in [2.24, 2.45) is 5.92 Å². The Morgan fingerprint density at radius 3 is 2.76 bits per heavy atom. The number of hydrogen-bond donors (Lipinski definition) is 0. The van der Waals surface area contributed by atoms with Crippen molar-refractivity contribution in [1.82, 2.24) is 9.80 Å². The molecule has 2 amide bonds. The summed E-state index contributed by atoms with van der Waals surface area (Å²) in [4.78, 5) is 30.3. The van der Waals surface area contributed by atoms with E-state index < -0.39 is 6.04 Å². The lowest BCUT2D eigenvalue weighted by atomic mass is 10.0. The Morgan fingerprint density at radius 1 is 1.24 bits per heavy atom.